The third-order valence-corrected chi connectivity index (χ3v) is 5.16. The first kappa shape index (κ1) is 12.0. The zero-order chi connectivity index (χ0) is 12.4. The van der Waals surface area contributed by atoms with E-state index in [1.54, 1.807) is 6.08 Å². The van der Waals surface area contributed by atoms with E-state index < -0.39 is 0 Å². The Morgan fingerprint density at radius 3 is 2.61 bits per heavy atom. The molecule has 1 saturated carbocycles. The number of nitrogens with zero attached hydrogens (tertiary/aromatic N) is 1. The summed E-state index contributed by atoms with van der Waals surface area (Å²) in [6, 6.07) is 8.57. The van der Waals surface area contributed by atoms with Crippen LogP contribution < -0.4 is 0 Å². The van der Waals surface area contributed by atoms with Crippen molar-refractivity contribution in [2.75, 3.05) is 11.5 Å². The van der Waals surface area contributed by atoms with Gasteiger partial charge < -0.3 is 0 Å². The quantitative estimate of drug-likeness (QED) is 0.613. The van der Waals surface area contributed by atoms with Crippen molar-refractivity contribution in [3.8, 4) is 0 Å². The Balaban J connectivity index is 1.97. The lowest BCUT2D eigenvalue weighted by molar-refractivity contribution is 0.554. The van der Waals surface area contributed by atoms with Crippen molar-refractivity contribution in [3.05, 3.63) is 35.4 Å². The van der Waals surface area contributed by atoms with Gasteiger partial charge in [-0.1, -0.05) is 24.3 Å². The fraction of sp³-hybridized carbons (Fsp3) is 0.533. The Kier molecular flexibility index (Phi) is 3.27. The normalized spacial score (nSPS) is 22.2. The Morgan fingerprint density at radius 2 is 1.94 bits per heavy atom. The van der Waals surface area contributed by atoms with Gasteiger partial charge in [-0.2, -0.15) is 16.8 Å². The van der Waals surface area contributed by atoms with E-state index in [0.29, 0.717) is 5.92 Å². The summed E-state index contributed by atoms with van der Waals surface area (Å²) in [6.07, 6.45) is 6.28. The van der Waals surface area contributed by atoms with Gasteiger partial charge in [0, 0.05) is 0 Å². The maximum atomic E-state index is 10.6. The molecule has 0 N–H and O–H groups in total. The van der Waals surface area contributed by atoms with Crippen LogP contribution in [0.1, 0.15) is 42.7 Å². The number of isocyanates is 1. The maximum absolute atomic E-state index is 10.6. The highest BCUT2D eigenvalue weighted by Gasteiger charge is 2.46. The van der Waals surface area contributed by atoms with Gasteiger partial charge in [-0.05, 0) is 54.2 Å². The summed E-state index contributed by atoms with van der Waals surface area (Å²) in [5.41, 5.74) is 2.49. The van der Waals surface area contributed by atoms with E-state index in [1.165, 1.54) is 35.5 Å². The van der Waals surface area contributed by atoms with Crippen molar-refractivity contribution in [1.29, 1.82) is 0 Å². The highest BCUT2D eigenvalue weighted by atomic mass is 32.2. The number of thioether (sulfide) groups is 1. The van der Waals surface area contributed by atoms with Crippen LogP contribution in [0.5, 0.6) is 0 Å². The summed E-state index contributed by atoms with van der Waals surface area (Å²) in [5, 5.41) is 0. The SMILES string of the molecule is O=C=NC1(c2ccccc2C2CCSCC2)CC1. The van der Waals surface area contributed by atoms with Crippen LogP contribution in [0.3, 0.4) is 0 Å². The minimum absolute atomic E-state index is 0.219. The second kappa shape index (κ2) is 4.91. The molecule has 0 radical (unpaired) electrons. The molecular weight excluding hydrogens is 242 g/mol. The first-order chi connectivity index (χ1) is 8.86. The third-order valence-electron chi connectivity index (χ3n) is 4.11. The molecule has 0 atom stereocenters. The van der Waals surface area contributed by atoms with Crippen molar-refractivity contribution in [2.45, 2.75) is 37.1 Å². The molecule has 0 unspecified atom stereocenters. The second-order valence-corrected chi connectivity index (χ2v) is 6.43. The van der Waals surface area contributed by atoms with E-state index in [0.717, 1.165) is 12.8 Å². The second-order valence-electron chi connectivity index (χ2n) is 5.21. The molecule has 0 bridgehead atoms. The summed E-state index contributed by atoms with van der Waals surface area (Å²) in [6.45, 7) is 0. The molecule has 1 aliphatic carbocycles. The molecule has 94 valence electrons. The summed E-state index contributed by atoms with van der Waals surface area (Å²) in [7, 11) is 0. The van der Waals surface area contributed by atoms with Gasteiger partial charge in [-0.25, -0.2) is 4.79 Å². The van der Waals surface area contributed by atoms with Gasteiger partial charge >= 0.3 is 0 Å². The molecule has 18 heavy (non-hydrogen) atoms. The van der Waals surface area contributed by atoms with Crippen LogP contribution in [0.2, 0.25) is 0 Å². The van der Waals surface area contributed by atoms with E-state index >= 15 is 0 Å². The summed E-state index contributed by atoms with van der Waals surface area (Å²) in [4.78, 5) is 14.7. The topological polar surface area (TPSA) is 29.4 Å². The van der Waals surface area contributed by atoms with Crippen LogP contribution in [0.4, 0.5) is 0 Å². The standard InChI is InChI=1S/C15H17NOS/c17-11-16-15(7-8-15)14-4-2-1-3-13(14)12-5-9-18-10-6-12/h1-4,12H,5-10H2. The highest BCUT2D eigenvalue weighted by Crippen LogP contribution is 2.52. The first-order valence-electron chi connectivity index (χ1n) is 6.62. The fourth-order valence-corrected chi connectivity index (χ4v) is 4.04. The minimum atomic E-state index is -0.219. The molecule has 2 fully saturated rings. The molecule has 0 spiro atoms. The molecule has 1 aromatic carbocycles. The van der Waals surface area contributed by atoms with Gasteiger partial charge in [0.15, 0.2) is 0 Å². The van der Waals surface area contributed by atoms with Gasteiger partial charge in [-0.15, -0.1) is 0 Å². The molecule has 3 heteroatoms. The predicted molar refractivity (Wildman–Crippen MR) is 74.8 cm³/mol. The zero-order valence-corrected chi connectivity index (χ0v) is 11.2. The van der Waals surface area contributed by atoms with Crippen LogP contribution in [-0.2, 0) is 10.3 Å². The van der Waals surface area contributed by atoms with Crippen LogP contribution >= 0.6 is 11.8 Å². The fourth-order valence-electron chi connectivity index (χ4n) is 2.93. The molecule has 2 aliphatic rings. The highest BCUT2D eigenvalue weighted by molar-refractivity contribution is 7.99. The lowest BCUT2D eigenvalue weighted by Crippen LogP contribution is -2.14. The average molecular weight is 259 g/mol. The molecule has 1 heterocycles. The van der Waals surface area contributed by atoms with Crippen molar-refractivity contribution in [3.63, 3.8) is 0 Å². The van der Waals surface area contributed by atoms with Crippen LogP contribution in [0.15, 0.2) is 29.3 Å². The number of aliphatic imine (C=N–C) groups is 1. The van der Waals surface area contributed by atoms with Crippen molar-refractivity contribution in [2.24, 2.45) is 4.99 Å². The van der Waals surface area contributed by atoms with Crippen LogP contribution in [0.25, 0.3) is 0 Å². The average Bonchev–Trinajstić information content (AvgIpc) is 3.21. The van der Waals surface area contributed by atoms with Crippen molar-refractivity contribution < 1.29 is 4.79 Å². The number of hydrogen-bond acceptors (Lipinski definition) is 3. The van der Waals surface area contributed by atoms with E-state index in [4.69, 9.17) is 0 Å². The van der Waals surface area contributed by atoms with Gasteiger partial charge in [0.2, 0.25) is 6.08 Å². The van der Waals surface area contributed by atoms with Gasteiger partial charge in [0.1, 0.15) is 0 Å². The number of hydrogen-bond donors (Lipinski definition) is 0. The zero-order valence-electron chi connectivity index (χ0n) is 10.4. The monoisotopic (exact) mass is 259 g/mol. The molecule has 1 aliphatic heterocycles. The Morgan fingerprint density at radius 1 is 1.22 bits per heavy atom. The van der Waals surface area contributed by atoms with Crippen LogP contribution in [0, 0.1) is 0 Å². The Hall–Kier alpha value is -1.05. The number of rotatable bonds is 3. The Labute approximate surface area is 112 Å². The maximum Gasteiger partial charge on any atom is 0.235 e. The molecule has 0 amide bonds. The van der Waals surface area contributed by atoms with E-state index in [2.05, 4.69) is 29.3 Å². The summed E-state index contributed by atoms with van der Waals surface area (Å²) < 4.78 is 0. The first-order valence-corrected chi connectivity index (χ1v) is 7.77. The Bertz CT molecular complexity index is 483. The van der Waals surface area contributed by atoms with Crippen molar-refractivity contribution in [1.82, 2.24) is 0 Å². The molecule has 3 rings (SSSR count). The number of benzene rings is 1. The predicted octanol–water partition coefficient (Wildman–Crippen LogP) is 3.62. The van der Waals surface area contributed by atoms with Gasteiger partial charge in [0.25, 0.3) is 0 Å². The lowest BCUT2D eigenvalue weighted by atomic mass is 9.86. The molecular formula is C15H17NOS. The smallest absolute Gasteiger partial charge is 0.211 e. The van der Waals surface area contributed by atoms with Gasteiger partial charge in [0.05, 0.1) is 5.54 Å². The van der Waals surface area contributed by atoms with Gasteiger partial charge in [-0.3, -0.25) is 0 Å². The molecule has 0 aromatic heterocycles. The van der Waals surface area contributed by atoms with Crippen LogP contribution in [-0.4, -0.2) is 17.6 Å². The van der Waals surface area contributed by atoms with E-state index in [-0.39, 0.29) is 5.54 Å². The third kappa shape index (κ3) is 2.13. The van der Waals surface area contributed by atoms with E-state index in [9.17, 15) is 4.79 Å². The molecule has 1 saturated heterocycles. The van der Waals surface area contributed by atoms with Crippen molar-refractivity contribution >= 4 is 17.8 Å². The largest absolute Gasteiger partial charge is 0.235 e. The lowest BCUT2D eigenvalue weighted by Gasteiger charge is -2.25. The summed E-state index contributed by atoms with van der Waals surface area (Å²) in [5.74, 6) is 3.16. The minimum Gasteiger partial charge on any atom is -0.211 e. The molecule has 2 nitrogen and oxygen atoms in total. The molecule has 1 aromatic rings. The number of carbonyl (C=O) groups excluding carboxylic acids is 1. The summed E-state index contributed by atoms with van der Waals surface area (Å²) >= 11 is 2.05. The van der Waals surface area contributed by atoms with E-state index in [1.807, 2.05) is 11.8 Å².